The highest BCUT2D eigenvalue weighted by molar-refractivity contribution is 7.99. The van der Waals surface area contributed by atoms with Crippen molar-refractivity contribution < 1.29 is 8.83 Å². The summed E-state index contributed by atoms with van der Waals surface area (Å²) in [5, 5.41) is 0. The molecule has 2 aromatic heterocycles. The predicted octanol–water partition coefficient (Wildman–Crippen LogP) is 3.64. The first-order chi connectivity index (χ1) is 6.27. The Bertz CT molecular complexity index is 362. The Morgan fingerprint density at radius 2 is 1.38 bits per heavy atom. The molecule has 68 valence electrons. The minimum atomic E-state index is 0.950. The van der Waals surface area contributed by atoms with Crippen LogP contribution in [-0.2, 0) is 0 Å². The normalized spacial score (nSPS) is 10.6. The smallest absolute Gasteiger partial charge is 0.114 e. The molecule has 0 aliphatic heterocycles. The zero-order chi connectivity index (χ0) is 9.26. The van der Waals surface area contributed by atoms with Gasteiger partial charge in [0.2, 0.25) is 0 Å². The van der Waals surface area contributed by atoms with Gasteiger partial charge >= 0.3 is 0 Å². The van der Waals surface area contributed by atoms with E-state index in [9.17, 15) is 0 Å². The molecule has 2 aromatic rings. The van der Waals surface area contributed by atoms with E-state index in [0.717, 1.165) is 21.3 Å². The van der Waals surface area contributed by atoms with Crippen molar-refractivity contribution in [1.82, 2.24) is 0 Å². The molecule has 0 unspecified atom stereocenters. The van der Waals surface area contributed by atoms with Gasteiger partial charge in [0.05, 0.1) is 22.3 Å². The Kier molecular flexibility index (Phi) is 2.19. The van der Waals surface area contributed by atoms with E-state index in [2.05, 4.69) is 0 Å². The maximum Gasteiger partial charge on any atom is 0.114 e. The second kappa shape index (κ2) is 3.34. The van der Waals surface area contributed by atoms with E-state index < -0.39 is 0 Å². The minimum absolute atomic E-state index is 0.950. The number of aryl methyl sites for hydroxylation is 2. The Labute approximate surface area is 80.9 Å². The topological polar surface area (TPSA) is 26.3 Å². The van der Waals surface area contributed by atoms with Crippen LogP contribution in [0.2, 0.25) is 0 Å². The van der Waals surface area contributed by atoms with E-state index in [1.807, 2.05) is 26.0 Å². The van der Waals surface area contributed by atoms with Gasteiger partial charge in [-0.1, -0.05) is 11.8 Å². The van der Waals surface area contributed by atoms with Gasteiger partial charge in [-0.2, -0.15) is 0 Å². The predicted molar refractivity (Wildman–Crippen MR) is 51.0 cm³/mol. The molecule has 0 saturated carbocycles. The second-order valence-corrected chi connectivity index (χ2v) is 3.87. The van der Waals surface area contributed by atoms with Crippen LogP contribution < -0.4 is 0 Å². The zero-order valence-electron chi connectivity index (χ0n) is 7.53. The van der Waals surface area contributed by atoms with E-state index in [-0.39, 0.29) is 0 Å². The van der Waals surface area contributed by atoms with Crippen LogP contribution in [0.5, 0.6) is 0 Å². The van der Waals surface area contributed by atoms with Gasteiger partial charge < -0.3 is 8.83 Å². The first-order valence-electron chi connectivity index (χ1n) is 4.03. The summed E-state index contributed by atoms with van der Waals surface area (Å²) in [7, 11) is 0. The van der Waals surface area contributed by atoms with Crippen LogP contribution in [0.15, 0.2) is 43.3 Å². The molecule has 0 N–H and O–H groups in total. The summed E-state index contributed by atoms with van der Waals surface area (Å²) in [6, 6.07) is 3.93. The van der Waals surface area contributed by atoms with E-state index in [4.69, 9.17) is 8.83 Å². The van der Waals surface area contributed by atoms with Crippen molar-refractivity contribution in [2.75, 3.05) is 0 Å². The molecule has 0 bridgehead atoms. The van der Waals surface area contributed by atoms with E-state index in [1.165, 1.54) is 0 Å². The molecule has 0 atom stereocenters. The first-order valence-corrected chi connectivity index (χ1v) is 4.85. The fourth-order valence-corrected chi connectivity index (χ4v) is 1.94. The molecule has 0 spiro atoms. The standard InChI is InChI=1S/C10H10O2S/c1-7-9(3-5-11-7)13-10-4-6-12-8(10)2/h3-6H,1-2H3. The van der Waals surface area contributed by atoms with Crippen molar-refractivity contribution in [2.45, 2.75) is 23.6 Å². The van der Waals surface area contributed by atoms with E-state index in [0.29, 0.717) is 0 Å². The van der Waals surface area contributed by atoms with Crippen LogP contribution in [0.4, 0.5) is 0 Å². The largest absolute Gasteiger partial charge is 0.468 e. The van der Waals surface area contributed by atoms with Crippen LogP contribution in [0.1, 0.15) is 11.5 Å². The fraction of sp³-hybridized carbons (Fsp3) is 0.200. The summed E-state index contributed by atoms with van der Waals surface area (Å²) in [6.07, 6.45) is 3.40. The van der Waals surface area contributed by atoms with Gasteiger partial charge in [-0.05, 0) is 26.0 Å². The summed E-state index contributed by atoms with van der Waals surface area (Å²) in [5.74, 6) is 1.90. The Morgan fingerprint density at radius 1 is 0.923 bits per heavy atom. The third-order valence-electron chi connectivity index (χ3n) is 1.84. The third kappa shape index (κ3) is 1.65. The van der Waals surface area contributed by atoms with Gasteiger partial charge in [0.25, 0.3) is 0 Å². The lowest BCUT2D eigenvalue weighted by Gasteiger charge is -1.96. The maximum absolute atomic E-state index is 5.20. The molecule has 0 aliphatic carbocycles. The second-order valence-electron chi connectivity index (χ2n) is 2.78. The molecule has 0 amide bonds. The van der Waals surface area contributed by atoms with Crippen LogP contribution in [0.25, 0.3) is 0 Å². The fourth-order valence-electron chi connectivity index (χ4n) is 1.08. The Morgan fingerprint density at radius 3 is 1.69 bits per heavy atom. The van der Waals surface area contributed by atoms with Crippen molar-refractivity contribution in [3.05, 3.63) is 36.2 Å². The van der Waals surface area contributed by atoms with Crippen molar-refractivity contribution in [2.24, 2.45) is 0 Å². The molecular formula is C10H10O2S. The molecule has 13 heavy (non-hydrogen) atoms. The van der Waals surface area contributed by atoms with E-state index in [1.54, 1.807) is 24.3 Å². The van der Waals surface area contributed by atoms with Gasteiger partial charge in [0, 0.05) is 0 Å². The molecule has 0 aliphatic rings. The van der Waals surface area contributed by atoms with Crippen molar-refractivity contribution in [1.29, 1.82) is 0 Å². The molecule has 2 rings (SSSR count). The molecule has 2 heterocycles. The number of rotatable bonds is 2. The first kappa shape index (κ1) is 8.51. The lowest BCUT2D eigenvalue weighted by Crippen LogP contribution is -1.72. The average molecular weight is 194 g/mol. The zero-order valence-corrected chi connectivity index (χ0v) is 8.35. The molecule has 0 radical (unpaired) electrons. The quantitative estimate of drug-likeness (QED) is 0.730. The van der Waals surface area contributed by atoms with Crippen LogP contribution in [0, 0.1) is 13.8 Å². The highest BCUT2D eigenvalue weighted by Crippen LogP contribution is 2.33. The summed E-state index contributed by atoms with van der Waals surface area (Å²) in [6.45, 7) is 3.91. The van der Waals surface area contributed by atoms with Crippen molar-refractivity contribution in [3.63, 3.8) is 0 Å². The van der Waals surface area contributed by atoms with Gasteiger partial charge in [-0.25, -0.2) is 0 Å². The van der Waals surface area contributed by atoms with Gasteiger partial charge in [-0.3, -0.25) is 0 Å². The van der Waals surface area contributed by atoms with Gasteiger partial charge in [-0.15, -0.1) is 0 Å². The SMILES string of the molecule is Cc1occc1Sc1ccoc1C. The lowest BCUT2D eigenvalue weighted by molar-refractivity contribution is 0.525. The van der Waals surface area contributed by atoms with Crippen molar-refractivity contribution >= 4 is 11.8 Å². The van der Waals surface area contributed by atoms with Crippen LogP contribution in [-0.4, -0.2) is 0 Å². The van der Waals surface area contributed by atoms with Gasteiger partial charge in [0.1, 0.15) is 11.5 Å². The van der Waals surface area contributed by atoms with E-state index >= 15 is 0 Å². The number of furan rings is 2. The van der Waals surface area contributed by atoms with Crippen LogP contribution >= 0.6 is 11.8 Å². The highest BCUT2D eigenvalue weighted by atomic mass is 32.2. The third-order valence-corrected chi connectivity index (χ3v) is 3.13. The maximum atomic E-state index is 5.20. The summed E-state index contributed by atoms with van der Waals surface area (Å²) in [5.41, 5.74) is 0. The highest BCUT2D eigenvalue weighted by Gasteiger charge is 2.07. The Hall–Kier alpha value is -1.09. The van der Waals surface area contributed by atoms with Gasteiger partial charge in [0.15, 0.2) is 0 Å². The summed E-state index contributed by atoms with van der Waals surface area (Å²) < 4.78 is 10.4. The number of hydrogen-bond acceptors (Lipinski definition) is 3. The van der Waals surface area contributed by atoms with Crippen LogP contribution in [0.3, 0.4) is 0 Å². The average Bonchev–Trinajstić information content (AvgIpc) is 2.65. The minimum Gasteiger partial charge on any atom is -0.468 e. The number of hydrogen-bond donors (Lipinski definition) is 0. The van der Waals surface area contributed by atoms with Crippen molar-refractivity contribution in [3.8, 4) is 0 Å². The molecule has 0 aromatic carbocycles. The molecule has 3 heteroatoms. The molecule has 2 nitrogen and oxygen atoms in total. The lowest BCUT2D eigenvalue weighted by atomic mass is 10.5. The molecular weight excluding hydrogens is 184 g/mol. The molecule has 0 fully saturated rings. The summed E-state index contributed by atoms with van der Waals surface area (Å²) in [4.78, 5) is 2.29. The molecule has 0 saturated heterocycles. The Balaban J connectivity index is 2.24. The monoisotopic (exact) mass is 194 g/mol. The summed E-state index contributed by atoms with van der Waals surface area (Å²) >= 11 is 1.67.